The van der Waals surface area contributed by atoms with Crippen LogP contribution in [0.1, 0.15) is 46.5 Å². The topological polar surface area (TPSA) is 87.4 Å². The molecular weight excluding hydrogens is 364 g/mol. The van der Waals surface area contributed by atoms with Crippen molar-refractivity contribution in [3.8, 4) is 17.2 Å². The average molecular weight is 392 g/mol. The second-order valence-electron chi connectivity index (χ2n) is 7.37. The molecule has 1 fully saturated rings. The van der Waals surface area contributed by atoms with E-state index < -0.39 is 11.4 Å². The first kappa shape index (κ1) is 20.5. The molecule has 1 aliphatic heterocycles. The van der Waals surface area contributed by atoms with E-state index in [9.17, 15) is 9.90 Å². The Labute approximate surface area is 164 Å². The first-order chi connectivity index (χ1) is 13.4. The van der Waals surface area contributed by atoms with Crippen LogP contribution in [0.2, 0.25) is 0 Å². The lowest BCUT2D eigenvalue weighted by Crippen LogP contribution is -2.25. The van der Waals surface area contributed by atoms with Gasteiger partial charge in [0.15, 0.2) is 22.9 Å². The van der Waals surface area contributed by atoms with Gasteiger partial charge in [0.25, 0.3) is 0 Å². The quantitative estimate of drug-likeness (QED) is 0.510. The van der Waals surface area contributed by atoms with Crippen molar-refractivity contribution in [3.63, 3.8) is 0 Å². The van der Waals surface area contributed by atoms with E-state index in [1.165, 1.54) is 0 Å². The zero-order chi connectivity index (χ0) is 20.1. The summed E-state index contributed by atoms with van der Waals surface area (Å²) in [7, 11) is 0. The number of rotatable bonds is 9. The molecule has 0 bridgehead atoms. The number of ether oxygens (including phenoxy) is 4. The molecule has 1 aliphatic rings. The first-order valence-electron chi connectivity index (χ1n) is 9.77. The lowest BCUT2D eigenvalue weighted by molar-refractivity contribution is -0.141. The van der Waals surface area contributed by atoms with Gasteiger partial charge in [-0.15, -0.1) is 0 Å². The first-order valence-corrected chi connectivity index (χ1v) is 9.77. The Bertz CT molecular complexity index is 856. The van der Waals surface area contributed by atoms with E-state index in [4.69, 9.17) is 23.4 Å². The van der Waals surface area contributed by atoms with Crippen LogP contribution in [-0.2, 0) is 9.47 Å². The molecule has 1 atom stereocenters. The lowest BCUT2D eigenvalue weighted by atomic mass is 10.2. The summed E-state index contributed by atoms with van der Waals surface area (Å²) in [6.07, 6.45) is 3.82. The largest absolute Gasteiger partial charge is 0.504 e. The highest BCUT2D eigenvalue weighted by atomic mass is 16.7. The Morgan fingerprint density at radius 2 is 2.04 bits per heavy atom. The summed E-state index contributed by atoms with van der Waals surface area (Å²) in [6.45, 7) is 6.81. The van der Waals surface area contributed by atoms with Crippen LogP contribution in [0.5, 0.6) is 17.2 Å². The molecule has 2 aromatic rings. The highest BCUT2D eigenvalue weighted by Gasteiger charge is 2.33. The van der Waals surface area contributed by atoms with Crippen LogP contribution in [0, 0.1) is 0 Å². The van der Waals surface area contributed by atoms with Gasteiger partial charge >= 0.3 is 5.63 Å². The van der Waals surface area contributed by atoms with Crippen LogP contribution in [0.3, 0.4) is 0 Å². The van der Waals surface area contributed by atoms with E-state index in [2.05, 4.69) is 6.92 Å². The minimum absolute atomic E-state index is 0.157. The number of hydrogen-bond donors (Lipinski definition) is 1. The SMILES string of the molecule is CCCCCCOc1c(O)c2cccc(OCC3COC(C)(C)O3)c2oc1=O. The van der Waals surface area contributed by atoms with E-state index in [1.807, 2.05) is 13.8 Å². The van der Waals surface area contributed by atoms with Crippen LogP contribution >= 0.6 is 0 Å². The van der Waals surface area contributed by atoms with Gasteiger partial charge in [-0.3, -0.25) is 0 Å². The molecule has 7 nitrogen and oxygen atoms in total. The Morgan fingerprint density at radius 3 is 2.75 bits per heavy atom. The lowest BCUT2D eigenvalue weighted by Gasteiger charge is -2.17. The maximum atomic E-state index is 12.3. The molecule has 1 unspecified atom stereocenters. The fraction of sp³-hybridized carbons (Fsp3) is 0.571. The van der Waals surface area contributed by atoms with Crippen molar-refractivity contribution in [3.05, 3.63) is 28.6 Å². The third-order valence-corrected chi connectivity index (χ3v) is 4.57. The molecule has 0 saturated carbocycles. The van der Waals surface area contributed by atoms with Crippen molar-refractivity contribution in [1.29, 1.82) is 0 Å². The van der Waals surface area contributed by atoms with Gasteiger partial charge in [0, 0.05) is 0 Å². The summed E-state index contributed by atoms with van der Waals surface area (Å²) in [5, 5.41) is 10.9. The Morgan fingerprint density at radius 1 is 1.21 bits per heavy atom. The van der Waals surface area contributed by atoms with Gasteiger partial charge in [0.05, 0.1) is 18.6 Å². The maximum absolute atomic E-state index is 12.3. The number of benzene rings is 1. The zero-order valence-corrected chi connectivity index (χ0v) is 16.7. The van der Waals surface area contributed by atoms with Crippen molar-refractivity contribution in [1.82, 2.24) is 0 Å². The predicted molar refractivity (Wildman–Crippen MR) is 104 cm³/mol. The number of fused-ring (bicyclic) bond motifs is 1. The van der Waals surface area contributed by atoms with E-state index in [-0.39, 0.29) is 29.8 Å². The fourth-order valence-electron chi connectivity index (χ4n) is 3.14. The molecule has 0 amide bonds. The van der Waals surface area contributed by atoms with Gasteiger partial charge in [-0.2, -0.15) is 0 Å². The monoisotopic (exact) mass is 392 g/mol. The maximum Gasteiger partial charge on any atom is 0.383 e. The molecule has 1 N–H and O–H groups in total. The number of aromatic hydroxyl groups is 1. The van der Waals surface area contributed by atoms with Gasteiger partial charge in [0.2, 0.25) is 5.75 Å². The van der Waals surface area contributed by atoms with E-state index >= 15 is 0 Å². The molecule has 28 heavy (non-hydrogen) atoms. The summed E-state index contributed by atoms with van der Waals surface area (Å²) in [4.78, 5) is 12.3. The summed E-state index contributed by atoms with van der Waals surface area (Å²) >= 11 is 0. The van der Waals surface area contributed by atoms with Crippen LogP contribution in [0.25, 0.3) is 11.0 Å². The second kappa shape index (κ2) is 8.84. The molecule has 2 heterocycles. The molecule has 154 valence electrons. The summed E-state index contributed by atoms with van der Waals surface area (Å²) in [5.41, 5.74) is -0.542. The second-order valence-corrected chi connectivity index (χ2v) is 7.37. The molecule has 7 heteroatoms. The van der Waals surface area contributed by atoms with Crippen molar-refractivity contribution in [2.75, 3.05) is 19.8 Å². The zero-order valence-electron chi connectivity index (χ0n) is 16.7. The van der Waals surface area contributed by atoms with Gasteiger partial charge in [-0.05, 0) is 32.4 Å². The minimum Gasteiger partial charge on any atom is -0.504 e. The highest BCUT2D eigenvalue weighted by molar-refractivity contribution is 5.89. The van der Waals surface area contributed by atoms with Gasteiger partial charge in [-0.25, -0.2) is 4.79 Å². The molecule has 1 aromatic heterocycles. The van der Waals surface area contributed by atoms with Crippen LogP contribution in [0.15, 0.2) is 27.4 Å². The molecule has 3 rings (SSSR count). The molecule has 0 aliphatic carbocycles. The normalized spacial score (nSPS) is 18.5. The van der Waals surface area contributed by atoms with Crippen molar-refractivity contribution >= 4 is 11.0 Å². The molecule has 0 radical (unpaired) electrons. The van der Waals surface area contributed by atoms with E-state index in [0.717, 1.165) is 25.7 Å². The molecular formula is C21H28O7. The summed E-state index contributed by atoms with van der Waals surface area (Å²) < 4.78 is 27.9. The Kier molecular flexibility index (Phi) is 6.46. The summed E-state index contributed by atoms with van der Waals surface area (Å²) in [6, 6.07) is 5.05. The van der Waals surface area contributed by atoms with Crippen molar-refractivity contribution in [2.45, 2.75) is 58.3 Å². The molecule has 1 saturated heterocycles. The van der Waals surface area contributed by atoms with Crippen molar-refractivity contribution < 1.29 is 28.5 Å². The fourth-order valence-corrected chi connectivity index (χ4v) is 3.14. The van der Waals surface area contributed by atoms with Crippen LogP contribution in [-0.4, -0.2) is 36.8 Å². The number of para-hydroxylation sites is 1. The highest BCUT2D eigenvalue weighted by Crippen LogP contribution is 2.36. The smallest absolute Gasteiger partial charge is 0.383 e. The van der Waals surface area contributed by atoms with Gasteiger partial charge in [0.1, 0.15) is 12.7 Å². The van der Waals surface area contributed by atoms with E-state index in [1.54, 1.807) is 18.2 Å². The summed E-state index contributed by atoms with van der Waals surface area (Å²) in [5.74, 6) is -0.669. The van der Waals surface area contributed by atoms with Crippen LogP contribution in [0.4, 0.5) is 0 Å². The third-order valence-electron chi connectivity index (χ3n) is 4.57. The standard InChI is InChI=1S/C21H28O7/c1-4-5-6-7-11-24-19-17(22)15-9-8-10-16(18(15)27-20(19)23)25-12-14-13-26-21(2,3)28-14/h8-10,14,22H,4-7,11-13H2,1-3H3. The average Bonchev–Trinajstić information content (AvgIpc) is 3.01. The van der Waals surface area contributed by atoms with Gasteiger partial charge < -0.3 is 28.5 Å². The third kappa shape index (κ3) is 4.77. The van der Waals surface area contributed by atoms with E-state index in [0.29, 0.717) is 24.3 Å². The number of unbranched alkanes of at least 4 members (excludes halogenated alkanes) is 3. The minimum atomic E-state index is -0.724. The Balaban J connectivity index is 1.74. The van der Waals surface area contributed by atoms with Gasteiger partial charge in [-0.1, -0.05) is 32.3 Å². The van der Waals surface area contributed by atoms with Crippen molar-refractivity contribution in [2.24, 2.45) is 0 Å². The Hall–Kier alpha value is -2.25. The number of hydrogen-bond acceptors (Lipinski definition) is 7. The molecule has 1 aromatic carbocycles. The van der Waals surface area contributed by atoms with Crippen LogP contribution < -0.4 is 15.1 Å². The molecule has 0 spiro atoms. The predicted octanol–water partition coefficient (Wildman–Crippen LogP) is 3.99.